The third-order valence-electron chi connectivity index (χ3n) is 3.45. The van der Waals surface area contributed by atoms with Gasteiger partial charge in [-0.15, -0.1) is 11.3 Å². The van der Waals surface area contributed by atoms with Crippen LogP contribution in [0.3, 0.4) is 0 Å². The molecule has 1 amide bonds. The van der Waals surface area contributed by atoms with Gasteiger partial charge in [-0.1, -0.05) is 11.8 Å². The molecule has 4 nitrogen and oxygen atoms in total. The van der Waals surface area contributed by atoms with Crippen molar-refractivity contribution in [1.29, 1.82) is 0 Å². The third-order valence-corrected chi connectivity index (χ3v) is 4.36. The van der Waals surface area contributed by atoms with Gasteiger partial charge >= 0.3 is 0 Å². The van der Waals surface area contributed by atoms with Crippen LogP contribution in [0.5, 0.6) is 0 Å². The predicted octanol–water partition coefficient (Wildman–Crippen LogP) is 1.98. The molecule has 1 aliphatic rings. The van der Waals surface area contributed by atoms with Crippen LogP contribution in [0.2, 0.25) is 0 Å². The summed E-state index contributed by atoms with van der Waals surface area (Å²) in [5.74, 6) is 6.28. The van der Waals surface area contributed by atoms with Gasteiger partial charge in [-0.3, -0.25) is 4.79 Å². The molecule has 0 aliphatic carbocycles. The highest BCUT2D eigenvalue weighted by Gasteiger charge is 2.21. The number of hydrogen-bond acceptors (Lipinski definition) is 4. The van der Waals surface area contributed by atoms with Crippen LogP contribution >= 0.6 is 11.3 Å². The second-order valence-electron chi connectivity index (χ2n) is 5.21. The molecule has 0 bridgehead atoms. The number of aliphatic hydroxyl groups excluding tert-OH is 1. The molecular weight excluding hydrogens is 286 g/mol. The molecule has 0 radical (unpaired) electrons. The molecule has 2 rings (SSSR count). The van der Waals surface area contributed by atoms with E-state index in [2.05, 4.69) is 11.8 Å². The van der Waals surface area contributed by atoms with Crippen LogP contribution in [-0.2, 0) is 4.74 Å². The molecule has 1 saturated heterocycles. The normalized spacial score (nSPS) is 17.9. The van der Waals surface area contributed by atoms with Crippen LogP contribution in [-0.4, -0.2) is 49.3 Å². The lowest BCUT2D eigenvalue weighted by molar-refractivity contribution is 0.0390. The monoisotopic (exact) mass is 307 g/mol. The second-order valence-corrected chi connectivity index (χ2v) is 6.12. The first kappa shape index (κ1) is 16.0. The van der Waals surface area contributed by atoms with Crippen molar-refractivity contribution in [3.8, 4) is 11.8 Å². The Morgan fingerprint density at radius 2 is 2.48 bits per heavy atom. The minimum Gasteiger partial charge on any atom is -0.395 e. The van der Waals surface area contributed by atoms with Crippen LogP contribution in [0, 0.1) is 17.8 Å². The lowest BCUT2D eigenvalue weighted by Crippen LogP contribution is -2.35. The number of thiophene rings is 1. The van der Waals surface area contributed by atoms with Gasteiger partial charge in [0.2, 0.25) is 0 Å². The zero-order valence-electron chi connectivity index (χ0n) is 12.3. The van der Waals surface area contributed by atoms with E-state index >= 15 is 0 Å². The van der Waals surface area contributed by atoms with E-state index in [-0.39, 0.29) is 12.5 Å². The number of nitrogens with zero attached hydrogens (tertiary/aromatic N) is 1. The summed E-state index contributed by atoms with van der Waals surface area (Å²) in [6.45, 7) is 2.34. The first-order valence-electron chi connectivity index (χ1n) is 7.22. The fourth-order valence-electron chi connectivity index (χ4n) is 2.38. The standard InChI is InChI=1S/C16H21NO3S/c1-17(11-13-5-4-9-20-12-13)16(19)15-14(7-10-21-15)6-2-3-8-18/h7,10,13,18H,3-5,8-9,11-12H2,1H3. The van der Waals surface area contributed by atoms with Gasteiger partial charge in [-0.2, -0.15) is 0 Å². The van der Waals surface area contributed by atoms with Gasteiger partial charge in [0.25, 0.3) is 5.91 Å². The average molecular weight is 307 g/mol. The summed E-state index contributed by atoms with van der Waals surface area (Å²) in [6, 6.07) is 1.86. The summed E-state index contributed by atoms with van der Waals surface area (Å²) in [5, 5.41) is 10.6. The number of carbonyl (C=O) groups is 1. The Kier molecular flexibility index (Phi) is 6.24. The van der Waals surface area contributed by atoms with E-state index in [0.717, 1.165) is 38.2 Å². The van der Waals surface area contributed by atoms with Crippen molar-refractivity contribution >= 4 is 17.2 Å². The number of amides is 1. The Bertz CT molecular complexity index is 523. The average Bonchev–Trinajstić information content (AvgIpc) is 2.96. The highest BCUT2D eigenvalue weighted by molar-refractivity contribution is 7.12. The van der Waals surface area contributed by atoms with E-state index in [9.17, 15) is 4.79 Å². The molecule has 114 valence electrons. The maximum absolute atomic E-state index is 12.5. The van der Waals surface area contributed by atoms with Gasteiger partial charge in [-0.05, 0) is 30.2 Å². The summed E-state index contributed by atoms with van der Waals surface area (Å²) < 4.78 is 5.46. The minimum atomic E-state index is 0.0175. The first-order valence-corrected chi connectivity index (χ1v) is 8.10. The van der Waals surface area contributed by atoms with E-state index in [0.29, 0.717) is 17.2 Å². The Morgan fingerprint density at radius 3 is 3.19 bits per heavy atom. The molecule has 1 aromatic rings. The van der Waals surface area contributed by atoms with Crippen molar-refractivity contribution in [2.24, 2.45) is 5.92 Å². The van der Waals surface area contributed by atoms with Gasteiger partial charge in [0, 0.05) is 32.2 Å². The maximum atomic E-state index is 12.5. The quantitative estimate of drug-likeness (QED) is 0.865. The number of ether oxygens (including phenoxy) is 1. The van der Waals surface area contributed by atoms with E-state index in [1.54, 1.807) is 4.90 Å². The largest absolute Gasteiger partial charge is 0.395 e. The zero-order chi connectivity index (χ0) is 15.1. The Hall–Kier alpha value is -1.35. The SMILES string of the molecule is CN(CC1CCCOC1)C(=O)c1sccc1C#CCCO. The Labute approximate surface area is 129 Å². The van der Waals surface area contributed by atoms with Crippen molar-refractivity contribution in [3.63, 3.8) is 0 Å². The molecule has 1 fully saturated rings. The van der Waals surface area contributed by atoms with Crippen LogP contribution in [0.15, 0.2) is 11.4 Å². The summed E-state index contributed by atoms with van der Waals surface area (Å²) in [7, 11) is 1.83. The van der Waals surface area contributed by atoms with Gasteiger partial charge in [0.15, 0.2) is 0 Å². The summed E-state index contributed by atoms with van der Waals surface area (Å²) in [4.78, 5) is 15.0. The Balaban J connectivity index is 1.99. The van der Waals surface area contributed by atoms with E-state index in [1.807, 2.05) is 18.5 Å². The lowest BCUT2D eigenvalue weighted by atomic mass is 10.0. The lowest BCUT2D eigenvalue weighted by Gasteiger charge is -2.27. The topological polar surface area (TPSA) is 49.8 Å². The molecule has 1 atom stereocenters. The number of rotatable bonds is 4. The van der Waals surface area contributed by atoms with Gasteiger partial charge in [-0.25, -0.2) is 0 Å². The molecule has 21 heavy (non-hydrogen) atoms. The highest BCUT2D eigenvalue weighted by atomic mass is 32.1. The minimum absolute atomic E-state index is 0.0175. The van der Waals surface area contributed by atoms with Gasteiger partial charge in [0.1, 0.15) is 4.88 Å². The predicted molar refractivity (Wildman–Crippen MR) is 83.4 cm³/mol. The molecule has 1 aromatic heterocycles. The zero-order valence-corrected chi connectivity index (χ0v) is 13.1. The van der Waals surface area contributed by atoms with Crippen molar-refractivity contribution in [1.82, 2.24) is 4.90 Å². The third kappa shape index (κ3) is 4.57. The molecule has 2 heterocycles. The van der Waals surface area contributed by atoms with Crippen molar-refractivity contribution in [3.05, 3.63) is 21.9 Å². The van der Waals surface area contributed by atoms with Gasteiger partial charge < -0.3 is 14.7 Å². The fourth-order valence-corrected chi connectivity index (χ4v) is 3.22. The van der Waals surface area contributed by atoms with Crippen LogP contribution in [0.1, 0.15) is 34.5 Å². The summed E-state index contributed by atoms with van der Waals surface area (Å²) in [5.41, 5.74) is 0.755. The van der Waals surface area contributed by atoms with Gasteiger partial charge in [0.05, 0.1) is 13.2 Å². The van der Waals surface area contributed by atoms with E-state index in [1.165, 1.54) is 11.3 Å². The number of aliphatic hydroxyl groups is 1. The highest BCUT2D eigenvalue weighted by Crippen LogP contribution is 2.20. The molecule has 0 aromatic carbocycles. The van der Waals surface area contributed by atoms with E-state index in [4.69, 9.17) is 9.84 Å². The molecule has 5 heteroatoms. The molecular formula is C16H21NO3S. The number of hydrogen-bond donors (Lipinski definition) is 1. The van der Waals surface area contributed by atoms with Crippen LogP contribution in [0.4, 0.5) is 0 Å². The molecule has 1 aliphatic heterocycles. The van der Waals surface area contributed by atoms with Crippen molar-refractivity contribution < 1.29 is 14.6 Å². The number of carbonyl (C=O) groups excluding carboxylic acids is 1. The fraction of sp³-hybridized carbons (Fsp3) is 0.562. The molecule has 1 unspecified atom stereocenters. The second kappa shape index (κ2) is 8.18. The smallest absolute Gasteiger partial charge is 0.264 e. The van der Waals surface area contributed by atoms with Crippen molar-refractivity contribution in [2.75, 3.05) is 33.4 Å². The Morgan fingerprint density at radius 1 is 1.62 bits per heavy atom. The van der Waals surface area contributed by atoms with Crippen LogP contribution < -0.4 is 0 Å². The molecule has 0 saturated carbocycles. The van der Waals surface area contributed by atoms with Crippen molar-refractivity contribution in [2.45, 2.75) is 19.3 Å². The maximum Gasteiger partial charge on any atom is 0.264 e. The summed E-state index contributed by atoms with van der Waals surface area (Å²) in [6.07, 6.45) is 2.62. The first-order chi connectivity index (χ1) is 10.2. The van der Waals surface area contributed by atoms with Crippen LogP contribution in [0.25, 0.3) is 0 Å². The summed E-state index contributed by atoms with van der Waals surface area (Å²) >= 11 is 1.42. The molecule has 1 N–H and O–H groups in total. The van der Waals surface area contributed by atoms with E-state index < -0.39 is 0 Å². The molecule has 0 spiro atoms.